The third kappa shape index (κ3) is 7.56. The van der Waals surface area contributed by atoms with Crippen molar-refractivity contribution < 1.29 is 24.1 Å². The molecular formula is C35H37ClO5. The van der Waals surface area contributed by atoms with Gasteiger partial charge in [-0.2, -0.15) is 0 Å². The average Bonchev–Trinajstić information content (AvgIpc) is 3.00. The molecule has 4 aromatic carbocycles. The minimum absolute atomic E-state index is 0.358. The van der Waals surface area contributed by atoms with Gasteiger partial charge in [0, 0.05) is 5.02 Å². The molecule has 0 aromatic heterocycles. The lowest BCUT2D eigenvalue weighted by Gasteiger charge is -2.44. The standard InChI is InChI=1S/C35H37ClO5/c1-3-38-30-17-14-25(15-18-30)20-29-21-28(16-19-31(29)36)33-35(40-23-27-12-8-5-9-13-27)34(32(37)24(2)41-33)39-22-26-10-6-4-7-11-26/h4-19,21,24,32-35,37H,3,20,22-23H2,1-2H3. The van der Waals surface area contributed by atoms with E-state index in [1.165, 1.54) is 0 Å². The van der Waals surface area contributed by atoms with E-state index in [0.29, 0.717) is 31.3 Å². The van der Waals surface area contributed by atoms with Gasteiger partial charge in [0.05, 0.1) is 25.9 Å². The van der Waals surface area contributed by atoms with E-state index in [1.54, 1.807) is 0 Å². The van der Waals surface area contributed by atoms with Gasteiger partial charge in [0.2, 0.25) is 0 Å². The Balaban J connectivity index is 1.42. The van der Waals surface area contributed by atoms with E-state index in [1.807, 2.05) is 98.8 Å². The maximum atomic E-state index is 11.2. The number of aliphatic hydroxyl groups excluding tert-OH is 1. The van der Waals surface area contributed by atoms with Crippen molar-refractivity contribution in [1.82, 2.24) is 0 Å². The third-order valence-electron chi connectivity index (χ3n) is 7.40. The van der Waals surface area contributed by atoms with Crippen molar-refractivity contribution in [1.29, 1.82) is 0 Å². The van der Waals surface area contributed by atoms with Crippen LogP contribution in [0, 0.1) is 0 Å². The van der Waals surface area contributed by atoms with Gasteiger partial charge < -0.3 is 24.1 Å². The lowest BCUT2D eigenvalue weighted by Crippen LogP contribution is -2.55. The molecule has 0 aliphatic carbocycles. The van der Waals surface area contributed by atoms with Gasteiger partial charge in [-0.1, -0.05) is 96.5 Å². The Hall–Kier alpha value is -3.19. The summed E-state index contributed by atoms with van der Waals surface area (Å²) < 4.78 is 24.9. The minimum atomic E-state index is -0.855. The average molecular weight is 573 g/mol. The number of halogens is 1. The number of rotatable bonds is 11. The molecule has 5 rings (SSSR count). The largest absolute Gasteiger partial charge is 0.494 e. The smallest absolute Gasteiger partial charge is 0.119 e. The van der Waals surface area contributed by atoms with E-state index in [4.69, 9.17) is 30.5 Å². The topological polar surface area (TPSA) is 57.2 Å². The zero-order chi connectivity index (χ0) is 28.6. The van der Waals surface area contributed by atoms with Crippen LogP contribution in [0.3, 0.4) is 0 Å². The fourth-order valence-corrected chi connectivity index (χ4v) is 5.38. The molecule has 1 N–H and O–H groups in total. The lowest BCUT2D eigenvalue weighted by atomic mass is 9.89. The first kappa shape index (κ1) is 29.3. The van der Waals surface area contributed by atoms with Crippen LogP contribution in [-0.4, -0.2) is 36.1 Å². The summed E-state index contributed by atoms with van der Waals surface area (Å²) in [7, 11) is 0. The van der Waals surface area contributed by atoms with Crippen LogP contribution in [0.1, 0.15) is 47.8 Å². The molecule has 1 saturated heterocycles. The molecular weight excluding hydrogens is 536 g/mol. The molecule has 1 aliphatic heterocycles. The molecule has 5 nitrogen and oxygen atoms in total. The predicted molar refractivity (Wildman–Crippen MR) is 161 cm³/mol. The molecule has 214 valence electrons. The second-order valence-electron chi connectivity index (χ2n) is 10.4. The Bertz CT molecular complexity index is 1360. The third-order valence-corrected chi connectivity index (χ3v) is 7.77. The minimum Gasteiger partial charge on any atom is -0.494 e. The second kappa shape index (κ2) is 14.1. The fourth-order valence-electron chi connectivity index (χ4n) is 5.20. The highest BCUT2D eigenvalue weighted by molar-refractivity contribution is 6.31. The summed E-state index contributed by atoms with van der Waals surface area (Å²) in [5.74, 6) is 0.846. The van der Waals surface area contributed by atoms with Crippen LogP contribution in [0.25, 0.3) is 0 Å². The molecule has 0 saturated carbocycles. The van der Waals surface area contributed by atoms with Crippen molar-refractivity contribution in [3.05, 3.63) is 136 Å². The zero-order valence-electron chi connectivity index (χ0n) is 23.5. The molecule has 4 aromatic rings. The Kier molecular flexibility index (Phi) is 10.1. The van der Waals surface area contributed by atoms with E-state index in [9.17, 15) is 5.11 Å². The highest BCUT2D eigenvalue weighted by atomic mass is 35.5. The van der Waals surface area contributed by atoms with E-state index in [2.05, 4.69) is 18.2 Å². The second-order valence-corrected chi connectivity index (χ2v) is 10.8. The molecule has 5 atom stereocenters. The first-order chi connectivity index (χ1) is 20.0. The van der Waals surface area contributed by atoms with E-state index < -0.39 is 30.5 Å². The van der Waals surface area contributed by atoms with Crippen LogP contribution >= 0.6 is 11.6 Å². The van der Waals surface area contributed by atoms with Gasteiger partial charge in [0.1, 0.15) is 30.2 Å². The summed E-state index contributed by atoms with van der Waals surface area (Å²) in [6.07, 6.45) is -2.27. The summed E-state index contributed by atoms with van der Waals surface area (Å²) >= 11 is 6.68. The van der Waals surface area contributed by atoms with Crippen LogP contribution in [0.4, 0.5) is 0 Å². The van der Waals surface area contributed by atoms with Crippen molar-refractivity contribution in [2.75, 3.05) is 6.61 Å². The Morgan fingerprint density at radius 3 is 1.98 bits per heavy atom. The van der Waals surface area contributed by atoms with Crippen molar-refractivity contribution in [3.8, 4) is 5.75 Å². The Morgan fingerprint density at radius 1 is 0.756 bits per heavy atom. The predicted octanol–water partition coefficient (Wildman–Crippen LogP) is 7.32. The summed E-state index contributed by atoms with van der Waals surface area (Å²) in [5, 5.41) is 11.9. The summed E-state index contributed by atoms with van der Waals surface area (Å²) in [6, 6.07) is 34.0. The van der Waals surface area contributed by atoms with Gasteiger partial charge in [-0.3, -0.25) is 0 Å². The van der Waals surface area contributed by atoms with Crippen LogP contribution < -0.4 is 4.74 Å². The van der Waals surface area contributed by atoms with Gasteiger partial charge >= 0.3 is 0 Å². The number of hydrogen-bond acceptors (Lipinski definition) is 5. The fraction of sp³-hybridized carbons (Fsp3) is 0.314. The first-order valence-electron chi connectivity index (χ1n) is 14.2. The summed E-state index contributed by atoms with van der Waals surface area (Å²) in [5.41, 5.74) is 5.11. The molecule has 1 heterocycles. The van der Waals surface area contributed by atoms with Gasteiger partial charge in [0.15, 0.2) is 0 Å². The van der Waals surface area contributed by atoms with Gasteiger partial charge in [-0.15, -0.1) is 0 Å². The Labute approximate surface area is 247 Å². The molecule has 0 amide bonds. The summed E-state index contributed by atoms with van der Waals surface area (Å²) in [6.45, 7) is 5.20. The molecule has 41 heavy (non-hydrogen) atoms. The number of aliphatic hydroxyl groups is 1. The highest BCUT2D eigenvalue weighted by Gasteiger charge is 2.46. The Morgan fingerprint density at radius 2 is 1.37 bits per heavy atom. The highest BCUT2D eigenvalue weighted by Crippen LogP contribution is 2.38. The van der Waals surface area contributed by atoms with Crippen molar-refractivity contribution in [2.45, 2.75) is 64.0 Å². The molecule has 0 bridgehead atoms. The maximum Gasteiger partial charge on any atom is 0.119 e. The maximum absolute atomic E-state index is 11.2. The van der Waals surface area contributed by atoms with E-state index >= 15 is 0 Å². The molecule has 0 spiro atoms. The molecule has 0 radical (unpaired) electrons. The summed E-state index contributed by atoms with van der Waals surface area (Å²) in [4.78, 5) is 0. The van der Waals surface area contributed by atoms with Crippen molar-refractivity contribution >= 4 is 11.6 Å². The van der Waals surface area contributed by atoms with E-state index in [-0.39, 0.29) is 0 Å². The zero-order valence-corrected chi connectivity index (χ0v) is 24.2. The van der Waals surface area contributed by atoms with Crippen LogP contribution in [0.5, 0.6) is 5.75 Å². The molecule has 6 heteroatoms. The van der Waals surface area contributed by atoms with Gasteiger partial charge in [-0.05, 0) is 66.3 Å². The van der Waals surface area contributed by atoms with Crippen LogP contribution in [0.2, 0.25) is 5.02 Å². The normalized spacial score (nSPS) is 22.4. The van der Waals surface area contributed by atoms with E-state index in [0.717, 1.165) is 33.6 Å². The van der Waals surface area contributed by atoms with Crippen molar-refractivity contribution in [3.63, 3.8) is 0 Å². The van der Waals surface area contributed by atoms with Gasteiger partial charge in [-0.25, -0.2) is 0 Å². The monoisotopic (exact) mass is 572 g/mol. The molecule has 1 fully saturated rings. The lowest BCUT2D eigenvalue weighted by molar-refractivity contribution is -0.251. The first-order valence-corrected chi connectivity index (χ1v) is 14.5. The number of hydrogen-bond donors (Lipinski definition) is 1. The van der Waals surface area contributed by atoms with Gasteiger partial charge in [0.25, 0.3) is 0 Å². The van der Waals surface area contributed by atoms with Crippen LogP contribution in [-0.2, 0) is 33.8 Å². The molecule has 1 aliphatic rings. The molecule has 5 unspecified atom stereocenters. The quantitative estimate of drug-likeness (QED) is 0.204. The number of benzene rings is 4. The van der Waals surface area contributed by atoms with Crippen molar-refractivity contribution in [2.24, 2.45) is 0 Å². The number of ether oxygens (including phenoxy) is 4. The van der Waals surface area contributed by atoms with Crippen LogP contribution in [0.15, 0.2) is 103 Å². The SMILES string of the molecule is CCOc1ccc(Cc2cc(C3OC(C)C(O)C(OCc4ccccc4)C3OCc3ccccc3)ccc2Cl)cc1.